The van der Waals surface area contributed by atoms with Crippen LogP contribution in [0.1, 0.15) is 59.3 Å². The van der Waals surface area contributed by atoms with Gasteiger partial charge < -0.3 is 9.80 Å². The molecule has 3 saturated heterocycles. The van der Waals surface area contributed by atoms with Gasteiger partial charge in [0.2, 0.25) is 5.91 Å². The lowest BCUT2D eigenvalue weighted by Crippen LogP contribution is -2.55. The summed E-state index contributed by atoms with van der Waals surface area (Å²) in [6, 6.07) is 8.89. The number of hydrogen-bond acceptors (Lipinski definition) is 3. The zero-order valence-electron chi connectivity index (χ0n) is 18.2. The van der Waals surface area contributed by atoms with Crippen LogP contribution in [-0.2, 0) is 4.79 Å². The van der Waals surface area contributed by atoms with Gasteiger partial charge in [-0.25, -0.2) is 4.39 Å². The minimum atomic E-state index is -0.256. The molecule has 2 bridgehead atoms. The third-order valence-corrected chi connectivity index (χ3v) is 7.44. The minimum absolute atomic E-state index is 0.0629. The van der Waals surface area contributed by atoms with E-state index >= 15 is 0 Å². The third kappa shape index (κ3) is 4.22. The fourth-order valence-electron chi connectivity index (χ4n) is 5.97. The van der Waals surface area contributed by atoms with E-state index in [1.54, 1.807) is 12.1 Å². The van der Waals surface area contributed by atoms with E-state index in [1.165, 1.54) is 44.4 Å². The van der Waals surface area contributed by atoms with Crippen molar-refractivity contribution < 1.29 is 9.18 Å². The van der Waals surface area contributed by atoms with Crippen LogP contribution in [0.4, 0.5) is 10.1 Å². The predicted molar refractivity (Wildman–Crippen MR) is 116 cm³/mol. The number of amides is 1. The Labute approximate surface area is 175 Å². The first kappa shape index (κ1) is 20.8. The first-order chi connectivity index (χ1) is 14.0. The van der Waals surface area contributed by atoms with E-state index in [0.29, 0.717) is 6.04 Å². The van der Waals surface area contributed by atoms with Crippen LogP contribution >= 0.6 is 0 Å². The average Bonchev–Trinajstić information content (AvgIpc) is 2.97. The van der Waals surface area contributed by atoms with E-state index in [4.69, 9.17) is 0 Å². The predicted octanol–water partition coefficient (Wildman–Crippen LogP) is 4.29. The van der Waals surface area contributed by atoms with E-state index in [-0.39, 0.29) is 23.7 Å². The maximum Gasteiger partial charge on any atom is 0.229 e. The first-order valence-electron chi connectivity index (χ1n) is 11.6. The Hall–Kier alpha value is -1.46. The number of rotatable bonds is 5. The van der Waals surface area contributed by atoms with Crippen LogP contribution in [0.15, 0.2) is 24.3 Å². The van der Waals surface area contributed by atoms with Crippen molar-refractivity contribution in [3.05, 3.63) is 30.1 Å². The summed E-state index contributed by atoms with van der Waals surface area (Å²) < 4.78 is 13.4. The van der Waals surface area contributed by atoms with Crippen LogP contribution in [0.3, 0.4) is 0 Å². The van der Waals surface area contributed by atoms with Crippen molar-refractivity contribution in [1.82, 2.24) is 9.80 Å². The molecule has 3 atom stereocenters. The Bertz CT molecular complexity index is 685. The smallest absolute Gasteiger partial charge is 0.229 e. The van der Waals surface area contributed by atoms with Crippen molar-refractivity contribution in [2.45, 2.75) is 83.5 Å². The number of piperidine rings is 2. The van der Waals surface area contributed by atoms with Gasteiger partial charge >= 0.3 is 0 Å². The van der Waals surface area contributed by atoms with Crippen molar-refractivity contribution in [2.75, 3.05) is 24.5 Å². The summed E-state index contributed by atoms with van der Waals surface area (Å²) in [5.41, 5.74) is 0.831. The van der Waals surface area contributed by atoms with Crippen molar-refractivity contribution in [1.29, 1.82) is 0 Å². The van der Waals surface area contributed by atoms with Gasteiger partial charge in [-0.15, -0.1) is 0 Å². The van der Waals surface area contributed by atoms with Crippen LogP contribution in [0.25, 0.3) is 0 Å². The van der Waals surface area contributed by atoms with Gasteiger partial charge in [0.15, 0.2) is 0 Å². The number of carbonyl (C=O) groups is 1. The van der Waals surface area contributed by atoms with Gasteiger partial charge in [0.05, 0.1) is 0 Å². The number of anilines is 1. The lowest BCUT2D eigenvalue weighted by molar-refractivity contribution is -0.122. The third-order valence-electron chi connectivity index (χ3n) is 7.44. The second-order valence-electron chi connectivity index (χ2n) is 9.45. The summed E-state index contributed by atoms with van der Waals surface area (Å²) in [5, 5.41) is 0. The Morgan fingerprint density at radius 2 is 1.62 bits per heavy atom. The highest BCUT2D eigenvalue weighted by Gasteiger charge is 2.42. The lowest BCUT2D eigenvalue weighted by atomic mass is 9.92. The van der Waals surface area contributed by atoms with E-state index in [9.17, 15) is 9.18 Å². The Kier molecular flexibility index (Phi) is 6.26. The quantitative estimate of drug-likeness (QED) is 0.736. The number of nitrogens with zero attached hydrogens (tertiary/aromatic N) is 3. The molecule has 0 aromatic heterocycles. The fourth-order valence-corrected chi connectivity index (χ4v) is 5.97. The molecule has 0 radical (unpaired) electrons. The zero-order chi connectivity index (χ0) is 20.5. The van der Waals surface area contributed by atoms with Gasteiger partial charge in [0.1, 0.15) is 5.82 Å². The van der Waals surface area contributed by atoms with Gasteiger partial charge in [-0.05, 0) is 69.3 Å². The lowest BCUT2D eigenvalue weighted by Gasteiger charge is -2.46. The molecule has 4 rings (SSSR count). The molecule has 5 heteroatoms. The fraction of sp³-hybridized carbons (Fsp3) is 0.708. The highest BCUT2D eigenvalue weighted by molar-refractivity contribution is 5.95. The highest BCUT2D eigenvalue weighted by Crippen LogP contribution is 2.38. The second kappa shape index (κ2) is 8.73. The maximum absolute atomic E-state index is 13.4. The van der Waals surface area contributed by atoms with E-state index in [2.05, 4.69) is 16.7 Å². The van der Waals surface area contributed by atoms with Crippen molar-refractivity contribution in [3.63, 3.8) is 0 Å². The first-order valence-corrected chi connectivity index (χ1v) is 11.6. The van der Waals surface area contributed by atoms with Gasteiger partial charge in [0.25, 0.3) is 0 Å². The molecule has 1 aromatic carbocycles. The second-order valence-corrected chi connectivity index (χ2v) is 9.45. The van der Waals surface area contributed by atoms with Gasteiger partial charge in [0, 0.05) is 48.9 Å². The number of benzene rings is 1. The Morgan fingerprint density at radius 1 is 1.03 bits per heavy atom. The van der Waals surface area contributed by atoms with Crippen molar-refractivity contribution in [3.8, 4) is 0 Å². The summed E-state index contributed by atoms with van der Waals surface area (Å²) in [6.45, 7) is 9.51. The van der Waals surface area contributed by atoms with Gasteiger partial charge in [-0.1, -0.05) is 20.8 Å². The van der Waals surface area contributed by atoms with E-state index in [0.717, 1.165) is 43.7 Å². The van der Waals surface area contributed by atoms with Crippen LogP contribution < -0.4 is 4.90 Å². The summed E-state index contributed by atoms with van der Waals surface area (Å²) in [5.74, 6) is -0.176. The standard InChI is InChI=1S/C24H36FN3O/c1-4-27-21-9-10-22(27)16-23(15-21)26-13-11-20(12-14-26)28(24(29)17(2)3)19-7-5-18(25)6-8-19/h5-8,17,20-23H,4,9-16H2,1-3H3/t21-,22?,23?/m0/s1. The summed E-state index contributed by atoms with van der Waals surface area (Å²) in [4.78, 5) is 20.4. The largest absolute Gasteiger partial charge is 0.309 e. The van der Waals surface area contributed by atoms with E-state index in [1.807, 2.05) is 18.7 Å². The molecule has 1 aromatic rings. The molecule has 3 aliphatic heterocycles. The topological polar surface area (TPSA) is 26.8 Å². The molecule has 3 heterocycles. The van der Waals surface area contributed by atoms with Crippen molar-refractivity contribution in [2.24, 2.45) is 5.92 Å². The number of carbonyl (C=O) groups excluding carboxylic acids is 1. The van der Waals surface area contributed by atoms with Crippen LogP contribution in [0.2, 0.25) is 0 Å². The Balaban J connectivity index is 1.42. The summed E-state index contributed by atoms with van der Waals surface area (Å²) >= 11 is 0. The molecule has 0 N–H and O–H groups in total. The van der Waals surface area contributed by atoms with Crippen LogP contribution in [-0.4, -0.2) is 59.5 Å². The van der Waals surface area contributed by atoms with E-state index < -0.39 is 0 Å². The maximum atomic E-state index is 13.4. The highest BCUT2D eigenvalue weighted by atomic mass is 19.1. The minimum Gasteiger partial charge on any atom is -0.309 e. The molecule has 3 aliphatic rings. The number of fused-ring (bicyclic) bond motifs is 2. The summed E-state index contributed by atoms with van der Waals surface area (Å²) in [7, 11) is 0. The molecular formula is C24H36FN3O. The molecule has 0 aliphatic carbocycles. The molecule has 160 valence electrons. The molecule has 3 fully saturated rings. The number of hydrogen-bond donors (Lipinski definition) is 0. The molecule has 0 saturated carbocycles. The average molecular weight is 402 g/mol. The number of likely N-dealkylation sites (tertiary alicyclic amines) is 1. The monoisotopic (exact) mass is 401 g/mol. The SMILES string of the molecule is CCN1C2CC[C@H]1CC(N1CCC(N(C(=O)C(C)C)c3ccc(F)cc3)CC1)C2. The zero-order valence-corrected chi connectivity index (χ0v) is 18.2. The van der Waals surface area contributed by atoms with Gasteiger partial charge in [-0.2, -0.15) is 0 Å². The molecular weight excluding hydrogens is 365 g/mol. The summed E-state index contributed by atoms with van der Waals surface area (Å²) in [6.07, 6.45) is 7.35. The molecule has 29 heavy (non-hydrogen) atoms. The normalized spacial score (nSPS) is 28.8. The van der Waals surface area contributed by atoms with Crippen LogP contribution in [0, 0.1) is 11.7 Å². The molecule has 0 spiro atoms. The van der Waals surface area contributed by atoms with Crippen molar-refractivity contribution >= 4 is 11.6 Å². The Morgan fingerprint density at radius 3 is 2.14 bits per heavy atom. The van der Waals surface area contributed by atoms with Gasteiger partial charge in [-0.3, -0.25) is 9.69 Å². The number of halogens is 1. The van der Waals surface area contributed by atoms with Crippen LogP contribution in [0.5, 0.6) is 0 Å². The molecule has 1 amide bonds. The molecule has 2 unspecified atom stereocenters. The molecule has 4 nitrogen and oxygen atoms in total.